The number of piperidine rings is 2. The first-order valence-corrected chi connectivity index (χ1v) is 8.83. The Labute approximate surface area is 126 Å². The van der Waals surface area contributed by atoms with E-state index in [9.17, 15) is 0 Å². The molecule has 2 aliphatic rings. The molecule has 3 rings (SSSR count). The third kappa shape index (κ3) is 3.32. The Bertz CT molecular complexity index is 406. The van der Waals surface area contributed by atoms with Gasteiger partial charge in [-0.1, -0.05) is 6.42 Å². The van der Waals surface area contributed by atoms with Crippen LogP contribution in [0.4, 0.5) is 5.13 Å². The molecule has 0 unspecified atom stereocenters. The summed E-state index contributed by atoms with van der Waals surface area (Å²) in [5, 5.41) is 6.57. The van der Waals surface area contributed by atoms with Crippen molar-refractivity contribution in [2.75, 3.05) is 38.1 Å². The second-order valence-electron chi connectivity index (χ2n) is 5.97. The minimum absolute atomic E-state index is 0.822. The average Bonchev–Trinajstić information content (AvgIpc) is 2.97. The summed E-state index contributed by atoms with van der Waals surface area (Å²) in [4.78, 5) is 9.94. The zero-order valence-corrected chi connectivity index (χ0v) is 13.3. The SMILES string of the molecule is CNCc1csc(N2CCC(N3CCCCC3)CC2)n1. The minimum atomic E-state index is 0.822. The summed E-state index contributed by atoms with van der Waals surface area (Å²) in [6.07, 6.45) is 6.85. The average molecular weight is 294 g/mol. The third-order valence-electron chi connectivity index (χ3n) is 4.54. The normalized spacial score (nSPS) is 22.4. The lowest BCUT2D eigenvalue weighted by Crippen LogP contribution is -2.46. The highest BCUT2D eigenvalue weighted by Gasteiger charge is 2.26. The molecule has 3 heterocycles. The molecule has 1 N–H and O–H groups in total. The lowest BCUT2D eigenvalue weighted by Gasteiger charge is -2.40. The van der Waals surface area contributed by atoms with Crippen LogP contribution < -0.4 is 10.2 Å². The predicted molar refractivity (Wildman–Crippen MR) is 85.5 cm³/mol. The highest BCUT2D eigenvalue weighted by atomic mass is 32.1. The zero-order chi connectivity index (χ0) is 13.8. The summed E-state index contributed by atoms with van der Waals surface area (Å²) in [5.74, 6) is 0. The smallest absolute Gasteiger partial charge is 0.185 e. The lowest BCUT2D eigenvalue weighted by atomic mass is 10.0. The van der Waals surface area contributed by atoms with Gasteiger partial charge >= 0.3 is 0 Å². The number of hydrogen-bond acceptors (Lipinski definition) is 5. The fourth-order valence-electron chi connectivity index (χ4n) is 3.41. The highest BCUT2D eigenvalue weighted by Crippen LogP contribution is 2.27. The fourth-order valence-corrected chi connectivity index (χ4v) is 4.29. The van der Waals surface area contributed by atoms with Crippen molar-refractivity contribution < 1.29 is 0 Å². The van der Waals surface area contributed by atoms with Gasteiger partial charge in [0.05, 0.1) is 5.69 Å². The number of rotatable bonds is 4. The van der Waals surface area contributed by atoms with Crippen LogP contribution in [0.5, 0.6) is 0 Å². The van der Waals surface area contributed by atoms with E-state index in [-0.39, 0.29) is 0 Å². The molecule has 0 aliphatic carbocycles. The molecule has 0 spiro atoms. The molecule has 1 aromatic heterocycles. The summed E-state index contributed by atoms with van der Waals surface area (Å²) in [6, 6.07) is 0.822. The topological polar surface area (TPSA) is 31.4 Å². The maximum absolute atomic E-state index is 4.73. The van der Waals surface area contributed by atoms with Crippen LogP contribution >= 0.6 is 11.3 Å². The van der Waals surface area contributed by atoms with Gasteiger partial charge < -0.3 is 15.1 Å². The van der Waals surface area contributed by atoms with E-state index in [1.54, 1.807) is 11.3 Å². The summed E-state index contributed by atoms with van der Waals surface area (Å²) in [6.45, 7) is 5.88. The third-order valence-corrected chi connectivity index (χ3v) is 5.49. The standard InChI is InChI=1S/C15H26N4S/c1-16-11-13-12-20-15(17-13)19-9-5-14(6-10-19)18-7-3-2-4-8-18/h12,14,16H,2-11H2,1H3. The van der Waals surface area contributed by atoms with Crippen LogP contribution in [-0.4, -0.2) is 49.2 Å². The molecule has 0 amide bonds. The Morgan fingerprint density at radius 1 is 1.20 bits per heavy atom. The number of anilines is 1. The number of nitrogens with zero attached hydrogens (tertiary/aromatic N) is 3. The van der Waals surface area contributed by atoms with Gasteiger partial charge in [0.15, 0.2) is 5.13 Å². The first-order valence-electron chi connectivity index (χ1n) is 7.95. The van der Waals surface area contributed by atoms with Gasteiger partial charge in [-0.15, -0.1) is 11.3 Å². The van der Waals surface area contributed by atoms with E-state index in [0.29, 0.717) is 0 Å². The molecule has 2 aliphatic heterocycles. The Kier molecular flexibility index (Phi) is 4.91. The number of likely N-dealkylation sites (tertiary alicyclic amines) is 1. The van der Waals surface area contributed by atoms with Crippen LogP contribution in [0.3, 0.4) is 0 Å². The molecule has 2 fully saturated rings. The molecule has 4 nitrogen and oxygen atoms in total. The van der Waals surface area contributed by atoms with Gasteiger partial charge in [-0.25, -0.2) is 4.98 Å². The minimum Gasteiger partial charge on any atom is -0.348 e. The van der Waals surface area contributed by atoms with Crippen LogP contribution in [0, 0.1) is 0 Å². The van der Waals surface area contributed by atoms with E-state index in [0.717, 1.165) is 12.6 Å². The maximum Gasteiger partial charge on any atom is 0.185 e. The second kappa shape index (κ2) is 6.87. The molecule has 5 heteroatoms. The molecule has 2 saturated heterocycles. The van der Waals surface area contributed by atoms with Crippen molar-refractivity contribution in [3.63, 3.8) is 0 Å². The molecule has 0 saturated carbocycles. The van der Waals surface area contributed by atoms with Crippen molar-refractivity contribution in [3.05, 3.63) is 11.1 Å². The Balaban J connectivity index is 1.52. The number of hydrogen-bond donors (Lipinski definition) is 1. The van der Waals surface area contributed by atoms with Gasteiger partial charge in [-0.2, -0.15) is 0 Å². The van der Waals surface area contributed by atoms with Gasteiger partial charge in [0.25, 0.3) is 0 Å². The molecule has 0 radical (unpaired) electrons. The molecule has 0 bridgehead atoms. The summed E-state index contributed by atoms with van der Waals surface area (Å²) < 4.78 is 0. The van der Waals surface area contributed by atoms with Crippen molar-refractivity contribution in [1.29, 1.82) is 0 Å². The Hall–Kier alpha value is -0.650. The lowest BCUT2D eigenvalue weighted by molar-refractivity contribution is 0.141. The fraction of sp³-hybridized carbons (Fsp3) is 0.800. The summed E-state index contributed by atoms with van der Waals surface area (Å²) in [5.41, 5.74) is 1.17. The van der Waals surface area contributed by atoms with Gasteiger partial charge in [-0.05, 0) is 45.8 Å². The van der Waals surface area contributed by atoms with Gasteiger partial charge in [0, 0.05) is 31.1 Å². The van der Waals surface area contributed by atoms with E-state index in [1.165, 1.54) is 69.1 Å². The van der Waals surface area contributed by atoms with Crippen LogP contribution in [0.2, 0.25) is 0 Å². The second-order valence-corrected chi connectivity index (χ2v) is 6.80. The molecule has 112 valence electrons. The van der Waals surface area contributed by atoms with E-state index in [2.05, 4.69) is 20.5 Å². The quantitative estimate of drug-likeness (QED) is 0.923. The largest absolute Gasteiger partial charge is 0.348 e. The maximum atomic E-state index is 4.73. The first-order chi connectivity index (χ1) is 9.86. The highest BCUT2D eigenvalue weighted by molar-refractivity contribution is 7.13. The zero-order valence-electron chi connectivity index (χ0n) is 12.5. The molecule has 20 heavy (non-hydrogen) atoms. The molecule has 0 atom stereocenters. The van der Waals surface area contributed by atoms with Crippen molar-refractivity contribution >= 4 is 16.5 Å². The van der Waals surface area contributed by atoms with E-state index in [1.807, 2.05) is 7.05 Å². The van der Waals surface area contributed by atoms with Gasteiger partial charge in [0.2, 0.25) is 0 Å². The van der Waals surface area contributed by atoms with E-state index >= 15 is 0 Å². The van der Waals surface area contributed by atoms with Crippen molar-refractivity contribution in [2.24, 2.45) is 0 Å². The predicted octanol–water partition coefficient (Wildman–Crippen LogP) is 2.32. The molecule has 0 aromatic carbocycles. The molecular formula is C15H26N4S. The van der Waals surface area contributed by atoms with Crippen molar-refractivity contribution in [2.45, 2.75) is 44.7 Å². The van der Waals surface area contributed by atoms with Gasteiger partial charge in [0.1, 0.15) is 0 Å². The number of aromatic nitrogens is 1. The van der Waals surface area contributed by atoms with E-state index in [4.69, 9.17) is 4.98 Å². The Morgan fingerprint density at radius 3 is 2.65 bits per heavy atom. The molecular weight excluding hydrogens is 268 g/mol. The first kappa shape index (κ1) is 14.3. The number of nitrogens with one attached hydrogen (secondary N) is 1. The van der Waals surface area contributed by atoms with Crippen molar-refractivity contribution in [3.8, 4) is 0 Å². The Morgan fingerprint density at radius 2 is 1.95 bits per heavy atom. The van der Waals surface area contributed by atoms with Gasteiger partial charge in [-0.3, -0.25) is 0 Å². The molecule has 1 aromatic rings. The summed E-state index contributed by atoms with van der Waals surface area (Å²) in [7, 11) is 1.98. The summed E-state index contributed by atoms with van der Waals surface area (Å²) >= 11 is 1.79. The van der Waals surface area contributed by atoms with Crippen LogP contribution in [0.15, 0.2) is 5.38 Å². The van der Waals surface area contributed by atoms with Crippen LogP contribution in [-0.2, 0) is 6.54 Å². The van der Waals surface area contributed by atoms with Crippen LogP contribution in [0.1, 0.15) is 37.8 Å². The monoisotopic (exact) mass is 294 g/mol. The number of thiazole rings is 1. The van der Waals surface area contributed by atoms with E-state index < -0.39 is 0 Å². The van der Waals surface area contributed by atoms with Crippen molar-refractivity contribution in [1.82, 2.24) is 15.2 Å². The van der Waals surface area contributed by atoms with Crippen LogP contribution in [0.25, 0.3) is 0 Å².